The van der Waals surface area contributed by atoms with Gasteiger partial charge < -0.3 is 5.32 Å². The molecule has 0 amide bonds. The smallest absolute Gasteiger partial charge is 0.338 e. The first-order chi connectivity index (χ1) is 14.0. The molecule has 0 unspecified atom stereocenters. The van der Waals surface area contributed by atoms with E-state index in [4.69, 9.17) is 0 Å². The highest BCUT2D eigenvalue weighted by molar-refractivity contribution is 9.09. The minimum absolute atomic E-state index is 0.484. The molecule has 0 fully saturated rings. The molecule has 0 atom stereocenters. The van der Waals surface area contributed by atoms with Crippen molar-refractivity contribution in [2.45, 2.75) is 24.9 Å². The molecule has 3 nitrogen and oxygen atoms in total. The summed E-state index contributed by atoms with van der Waals surface area (Å²) in [5.74, 6) is 1.46. The van der Waals surface area contributed by atoms with E-state index in [2.05, 4.69) is 31.2 Å². The topological polar surface area (TPSA) is 37.8 Å². The molecule has 8 heteroatoms. The van der Waals surface area contributed by atoms with Crippen LogP contribution in [0, 0.1) is 0 Å². The highest BCUT2D eigenvalue weighted by atomic mass is 79.9. The predicted molar refractivity (Wildman–Crippen MR) is 118 cm³/mol. The summed E-state index contributed by atoms with van der Waals surface area (Å²) in [6.45, 7) is 4.00. The summed E-state index contributed by atoms with van der Waals surface area (Å²) in [7, 11) is 0. The lowest BCUT2D eigenvalue weighted by Crippen LogP contribution is -2.05. The number of hydrogen-bond acceptors (Lipinski definition) is 4. The van der Waals surface area contributed by atoms with Gasteiger partial charge in [0.15, 0.2) is 5.82 Å². The van der Waals surface area contributed by atoms with Gasteiger partial charge in [-0.05, 0) is 36.4 Å². The summed E-state index contributed by atoms with van der Waals surface area (Å²) in [5.41, 5.74) is 1.33. The van der Waals surface area contributed by atoms with E-state index in [1.54, 1.807) is 18.0 Å². The number of rotatable bonds is 6. The van der Waals surface area contributed by atoms with Crippen LogP contribution in [-0.4, -0.2) is 21.1 Å². The Morgan fingerprint density at radius 1 is 0.931 bits per heavy atom. The van der Waals surface area contributed by atoms with Crippen molar-refractivity contribution < 1.29 is 13.2 Å². The highest BCUT2D eigenvalue weighted by Crippen LogP contribution is 2.32. The molecule has 0 aliphatic rings. The number of nitrogens with zero attached hydrogens (tertiary/aromatic N) is 2. The molecule has 3 aromatic rings. The predicted octanol–water partition coefficient (Wildman–Crippen LogP) is 7.42. The van der Waals surface area contributed by atoms with Crippen molar-refractivity contribution >= 4 is 39.2 Å². The van der Waals surface area contributed by atoms with Gasteiger partial charge in [0.25, 0.3) is 0 Å². The fourth-order valence-corrected chi connectivity index (χ4v) is 3.51. The molecule has 154 valence electrons. The number of thioether (sulfide) groups is 1. The Balaban J connectivity index is 0.00000145. The molecule has 2 aromatic carbocycles. The van der Waals surface area contributed by atoms with Crippen molar-refractivity contribution in [1.29, 1.82) is 0 Å². The molecule has 0 spiro atoms. The van der Waals surface area contributed by atoms with E-state index in [1.165, 1.54) is 18.3 Å². The molecular weight excluding hydrogens is 463 g/mol. The van der Waals surface area contributed by atoms with Crippen LogP contribution in [-0.2, 0) is 6.18 Å². The van der Waals surface area contributed by atoms with Crippen LogP contribution in [0.1, 0.15) is 19.4 Å². The van der Waals surface area contributed by atoms with Gasteiger partial charge in [-0.1, -0.05) is 41.9 Å². The minimum Gasteiger partial charge on any atom is -0.338 e. The summed E-state index contributed by atoms with van der Waals surface area (Å²) < 4.78 is 38.1. The van der Waals surface area contributed by atoms with Gasteiger partial charge in [0.1, 0.15) is 5.69 Å². The molecule has 0 saturated carbocycles. The second kappa shape index (κ2) is 11.2. The van der Waals surface area contributed by atoms with Crippen molar-refractivity contribution in [2.75, 3.05) is 16.4 Å². The second-order valence-electron chi connectivity index (χ2n) is 5.52. The zero-order chi connectivity index (χ0) is 21.3. The molecule has 3 rings (SSSR count). The number of hydrogen-bond donors (Lipinski definition) is 1. The van der Waals surface area contributed by atoms with E-state index in [0.717, 1.165) is 33.7 Å². The summed E-state index contributed by atoms with van der Waals surface area (Å²) >= 11 is 5.15. The molecule has 29 heavy (non-hydrogen) atoms. The van der Waals surface area contributed by atoms with Gasteiger partial charge in [-0.25, -0.2) is 4.98 Å². The maximum atomic E-state index is 12.7. The number of nitrogens with one attached hydrogen (secondary N) is 1. The highest BCUT2D eigenvalue weighted by Gasteiger charge is 2.29. The fraction of sp³-hybridized carbons (Fsp3) is 0.238. The van der Waals surface area contributed by atoms with Crippen molar-refractivity contribution in [1.82, 2.24) is 9.97 Å². The van der Waals surface area contributed by atoms with E-state index < -0.39 is 11.7 Å². The average Bonchev–Trinajstić information content (AvgIpc) is 2.74. The van der Waals surface area contributed by atoms with Crippen LogP contribution in [0.4, 0.5) is 24.7 Å². The summed E-state index contributed by atoms with van der Waals surface area (Å²) in [5, 5.41) is 3.97. The zero-order valence-corrected chi connectivity index (χ0v) is 18.4. The van der Waals surface area contributed by atoms with Crippen LogP contribution in [0.25, 0.3) is 11.3 Å². The number of alkyl halides is 4. The zero-order valence-electron chi connectivity index (χ0n) is 16.0. The normalized spacial score (nSPS) is 10.8. The standard InChI is InChI=1S/C19H15BrF3N3S.C2H6/c20-9-12-27-16-7-1-13(2-8-16)17-18(25-11-10-24-17)26-15-5-3-14(4-6-15)19(21,22)23;1-2/h1-8,10-11H,9,12H2,(H,25,26);1-2H3. The molecule has 0 radical (unpaired) electrons. The lowest BCUT2D eigenvalue weighted by Gasteiger charge is -2.12. The van der Waals surface area contributed by atoms with Crippen molar-refractivity contribution in [3.8, 4) is 11.3 Å². The summed E-state index contributed by atoms with van der Waals surface area (Å²) in [6, 6.07) is 12.8. The summed E-state index contributed by atoms with van der Waals surface area (Å²) in [4.78, 5) is 9.81. The van der Waals surface area contributed by atoms with E-state index in [1.807, 2.05) is 38.1 Å². The SMILES string of the molecule is CC.FC(F)(F)c1ccc(Nc2nccnc2-c2ccc(SCCBr)cc2)cc1. The fourth-order valence-electron chi connectivity index (χ4n) is 2.39. The van der Waals surface area contributed by atoms with E-state index in [0.29, 0.717) is 17.2 Å². The van der Waals surface area contributed by atoms with Crippen LogP contribution in [0.5, 0.6) is 0 Å². The average molecular weight is 484 g/mol. The molecular formula is C21H21BrF3N3S. The molecule has 0 saturated heterocycles. The van der Waals surface area contributed by atoms with Crippen LogP contribution in [0.3, 0.4) is 0 Å². The van der Waals surface area contributed by atoms with Gasteiger partial charge in [-0.15, -0.1) is 11.8 Å². The maximum Gasteiger partial charge on any atom is 0.416 e. The largest absolute Gasteiger partial charge is 0.416 e. The first-order valence-corrected chi connectivity index (χ1v) is 11.1. The molecule has 1 N–H and O–H groups in total. The Hall–Kier alpha value is -2.06. The Labute approximate surface area is 181 Å². The summed E-state index contributed by atoms with van der Waals surface area (Å²) in [6.07, 6.45) is -1.23. The third-order valence-corrected chi connectivity index (χ3v) is 5.58. The Morgan fingerprint density at radius 2 is 1.55 bits per heavy atom. The Morgan fingerprint density at radius 3 is 2.14 bits per heavy atom. The number of anilines is 2. The van der Waals surface area contributed by atoms with Crippen LogP contribution in [0.2, 0.25) is 0 Å². The van der Waals surface area contributed by atoms with Crippen molar-refractivity contribution in [3.63, 3.8) is 0 Å². The van der Waals surface area contributed by atoms with Crippen molar-refractivity contribution in [2.24, 2.45) is 0 Å². The minimum atomic E-state index is -4.36. The number of benzene rings is 2. The molecule has 0 aliphatic carbocycles. The van der Waals surface area contributed by atoms with Crippen LogP contribution < -0.4 is 5.32 Å². The van der Waals surface area contributed by atoms with Gasteiger partial charge >= 0.3 is 6.18 Å². The Kier molecular flexibility index (Phi) is 8.98. The quantitative estimate of drug-likeness (QED) is 0.292. The van der Waals surface area contributed by atoms with Crippen LogP contribution in [0.15, 0.2) is 65.8 Å². The van der Waals surface area contributed by atoms with E-state index >= 15 is 0 Å². The van der Waals surface area contributed by atoms with E-state index in [9.17, 15) is 13.2 Å². The third-order valence-electron chi connectivity index (χ3n) is 3.65. The lowest BCUT2D eigenvalue weighted by atomic mass is 10.1. The van der Waals surface area contributed by atoms with Crippen molar-refractivity contribution in [3.05, 3.63) is 66.5 Å². The molecule has 0 aliphatic heterocycles. The first-order valence-electron chi connectivity index (χ1n) is 9.02. The lowest BCUT2D eigenvalue weighted by molar-refractivity contribution is -0.137. The van der Waals surface area contributed by atoms with Gasteiger partial charge in [-0.2, -0.15) is 13.2 Å². The van der Waals surface area contributed by atoms with Gasteiger partial charge in [-0.3, -0.25) is 4.98 Å². The van der Waals surface area contributed by atoms with Gasteiger partial charge in [0, 0.05) is 39.6 Å². The molecule has 1 heterocycles. The second-order valence-corrected chi connectivity index (χ2v) is 7.48. The van der Waals surface area contributed by atoms with Crippen LogP contribution >= 0.6 is 27.7 Å². The van der Waals surface area contributed by atoms with E-state index in [-0.39, 0.29) is 0 Å². The number of halogens is 4. The Bertz CT molecular complexity index is 885. The van der Waals surface area contributed by atoms with Gasteiger partial charge in [0.05, 0.1) is 5.56 Å². The molecule has 1 aromatic heterocycles. The van der Waals surface area contributed by atoms with Gasteiger partial charge in [0.2, 0.25) is 0 Å². The number of aromatic nitrogens is 2. The first kappa shape index (κ1) is 23.2. The maximum absolute atomic E-state index is 12.7. The molecule has 0 bridgehead atoms. The monoisotopic (exact) mass is 483 g/mol. The third kappa shape index (κ3) is 6.75.